The maximum Gasteiger partial charge on any atom is 0.281 e. The molecule has 0 radical (unpaired) electrons. The van der Waals surface area contributed by atoms with Gasteiger partial charge in [0.25, 0.3) is 5.95 Å². The fourth-order valence-corrected chi connectivity index (χ4v) is 1.64. The highest BCUT2D eigenvalue weighted by Crippen LogP contribution is 2.33. The Bertz CT molecular complexity index is 421. The lowest BCUT2D eigenvalue weighted by Crippen LogP contribution is -2.15. The molecule has 3 heteroatoms. The second-order valence-corrected chi connectivity index (χ2v) is 3.95. The van der Waals surface area contributed by atoms with Gasteiger partial charge in [0.1, 0.15) is 12.0 Å². The molecule has 0 aromatic heterocycles. The lowest BCUT2D eigenvalue weighted by atomic mass is 9.98. The van der Waals surface area contributed by atoms with Crippen molar-refractivity contribution in [1.29, 1.82) is 0 Å². The molecule has 0 bridgehead atoms. The maximum atomic E-state index is 11.0. The summed E-state index contributed by atoms with van der Waals surface area (Å²) < 4.78 is 11.0. The average molecular weight is 218 g/mol. The van der Waals surface area contributed by atoms with Crippen LogP contribution in [-0.4, -0.2) is 12.4 Å². The first kappa shape index (κ1) is 10.7. The van der Waals surface area contributed by atoms with Crippen LogP contribution in [0.25, 0.3) is 0 Å². The van der Waals surface area contributed by atoms with Crippen molar-refractivity contribution in [3.8, 4) is 5.75 Å². The van der Waals surface area contributed by atoms with Crippen LogP contribution in [0.1, 0.15) is 25.3 Å². The molecule has 3 nitrogen and oxygen atoms in total. The van der Waals surface area contributed by atoms with Gasteiger partial charge >= 0.3 is 0 Å². The largest absolute Gasteiger partial charge is 0.463 e. The van der Waals surface area contributed by atoms with Crippen molar-refractivity contribution in [2.75, 3.05) is 0 Å². The molecule has 0 amide bonds. The summed E-state index contributed by atoms with van der Waals surface area (Å²) in [5.74, 6) is 0.822. The molecular formula is C13H14O3. The van der Waals surface area contributed by atoms with E-state index >= 15 is 0 Å². The monoisotopic (exact) mass is 218 g/mol. The Morgan fingerprint density at radius 3 is 2.81 bits per heavy atom. The Morgan fingerprint density at radius 1 is 1.38 bits per heavy atom. The summed E-state index contributed by atoms with van der Waals surface area (Å²) in [5.41, 5.74) is 0.883. The first-order chi connectivity index (χ1) is 7.70. The zero-order valence-electron chi connectivity index (χ0n) is 9.34. The number of rotatable bonds is 3. The van der Waals surface area contributed by atoms with Gasteiger partial charge in [-0.3, -0.25) is 0 Å². The van der Waals surface area contributed by atoms with Crippen molar-refractivity contribution >= 4 is 6.29 Å². The quantitative estimate of drug-likeness (QED) is 0.731. The number of carbonyl (C=O) groups is 1. The summed E-state index contributed by atoms with van der Waals surface area (Å²) in [6.45, 7) is 3.83. The van der Waals surface area contributed by atoms with Gasteiger partial charge in [-0.2, -0.15) is 0 Å². The molecule has 1 aromatic carbocycles. The second kappa shape index (κ2) is 4.39. The molecule has 1 aliphatic rings. The third kappa shape index (κ3) is 2.08. The molecule has 0 N–H and O–H groups in total. The van der Waals surface area contributed by atoms with Crippen LogP contribution in [0.15, 0.2) is 36.3 Å². The summed E-state index contributed by atoms with van der Waals surface area (Å²) in [4.78, 5) is 11.0. The van der Waals surface area contributed by atoms with E-state index in [2.05, 4.69) is 0 Å². The Kier molecular flexibility index (Phi) is 2.95. The van der Waals surface area contributed by atoms with Gasteiger partial charge in [-0.05, 0) is 19.9 Å². The van der Waals surface area contributed by atoms with Crippen molar-refractivity contribution in [2.45, 2.75) is 25.9 Å². The number of carbonyl (C=O) groups excluding carboxylic acids is 1. The fraction of sp³-hybridized carbons (Fsp3) is 0.308. The number of fused-ring (bicyclic) bond motifs is 1. The van der Waals surface area contributed by atoms with E-state index in [0.29, 0.717) is 11.7 Å². The van der Waals surface area contributed by atoms with Gasteiger partial charge in [-0.25, -0.2) is 0 Å². The minimum Gasteiger partial charge on any atom is -0.463 e. The molecule has 0 spiro atoms. The molecule has 1 atom stereocenters. The van der Waals surface area contributed by atoms with E-state index in [4.69, 9.17) is 9.47 Å². The van der Waals surface area contributed by atoms with E-state index in [0.717, 1.165) is 11.8 Å². The van der Waals surface area contributed by atoms with Crippen LogP contribution in [0.3, 0.4) is 0 Å². The molecule has 0 fully saturated rings. The zero-order chi connectivity index (χ0) is 11.5. The number of allylic oxidation sites excluding steroid dienone is 1. The maximum absolute atomic E-state index is 11.0. The molecular weight excluding hydrogens is 204 g/mol. The van der Waals surface area contributed by atoms with Crippen LogP contribution >= 0.6 is 0 Å². The van der Waals surface area contributed by atoms with E-state index < -0.39 is 0 Å². The Hall–Kier alpha value is -1.77. The highest BCUT2D eigenvalue weighted by atomic mass is 16.7. The zero-order valence-corrected chi connectivity index (χ0v) is 9.34. The van der Waals surface area contributed by atoms with Gasteiger partial charge in [0.05, 0.1) is 12.0 Å². The Balaban J connectivity index is 2.30. The lowest BCUT2D eigenvalue weighted by molar-refractivity contribution is -0.108. The van der Waals surface area contributed by atoms with Crippen LogP contribution in [0, 0.1) is 0 Å². The number of aldehydes is 1. The highest BCUT2D eigenvalue weighted by Gasteiger charge is 2.22. The fourth-order valence-electron chi connectivity index (χ4n) is 1.64. The highest BCUT2D eigenvalue weighted by molar-refractivity contribution is 5.68. The van der Waals surface area contributed by atoms with Crippen molar-refractivity contribution in [1.82, 2.24) is 0 Å². The van der Waals surface area contributed by atoms with Crippen LogP contribution < -0.4 is 4.74 Å². The van der Waals surface area contributed by atoms with E-state index in [9.17, 15) is 4.79 Å². The number of hydrogen-bond donors (Lipinski definition) is 0. The summed E-state index contributed by atoms with van der Waals surface area (Å²) in [7, 11) is 0. The first-order valence-corrected chi connectivity index (χ1v) is 5.31. The minimum absolute atomic E-state index is 0.0313. The van der Waals surface area contributed by atoms with Crippen molar-refractivity contribution < 1.29 is 14.3 Å². The second-order valence-electron chi connectivity index (χ2n) is 3.95. The van der Waals surface area contributed by atoms with Crippen molar-refractivity contribution in [3.63, 3.8) is 0 Å². The molecule has 16 heavy (non-hydrogen) atoms. The molecule has 2 rings (SSSR count). The van der Waals surface area contributed by atoms with E-state index in [1.165, 1.54) is 0 Å². The molecule has 0 saturated heterocycles. The van der Waals surface area contributed by atoms with Gasteiger partial charge in [0.2, 0.25) is 0 Å². The molecule has 1 aromatic rings. The normalized spacial score (nSPS) is 18.4. The summed E-state index contributed by atoms with van der Waals surface area (Å²) in [6, 6.07) is 7.49. The van der Waals surface area contributed by atoms with Gasteiger partial charge in [0.15, 0.2) is 0 Å². The molecule has 0 aliphatic carbocycles. The standard InChI is InChI=1S/C13H14O3/c1-9(2)15-13-7-10(8-14)11-5-3-4-6-12(11)16-13/h3-10H,1-2H3. The molecule has 1 unspecified atom stereocenters. The van der Waals surface area contributed by atoms with Crippen LogP contribution in [0.5, 0.6) is 5.75 Å². The van der Waals surface area contributed by atoms with E-state index in [-0.39, 0.29) is 12.0 Å². The third-order valence-electron chi connectivity index (χ3n) is 2.30. The summed E-state index contributed by atoms with van der Waals surface area (Å²) >= 11 is 0. The molecule has 0 saturated carbocycles. The average Bonchev–Trinajstić information content (AvgIpc) is 2.27. The smallest absolute Gasteiger partial charge is 0.281 e. The van der Waals surface area contributed by atoms with E-state index in [1.807, 2.05) is 38.1 Å². The number of benzene rings is 1. The summed E-state index contributed by atoms with van der Waals surface area (Å²) in [5, 5.41) is 0. The molecule has 84 valence electrons. The Morgan fingerprint density at radius 2 is 2.12 bits per heavy atom. The van der Waals surface area contributed by atoms with Gasteiger partial charge in [-0.15, -0.1) is 0 Å². The predicted octanol–water partition coefficient (Wildman–Crippen LogP) is 2.63. The van der Waals surface area contributed by atoms with Crippen molar-refractivity contribution in [3.05, 3.63) is 41.9 Å². The predicted molar refractivity (Wildman–Crippen MR) is 60.2 cm³/mol. The minimum atomic E-state index is -0.279. The molecule has 1 heterocycles. The number of hydrogen-bond acceptors (Lipinski definition) is 3. The third-order valence-corrected chi connectivity index (χ3v) is 2.30. The van der Waals surface area contributed by atoms with Crippen LogP contribution in [-0.2, 0) is 9.53 Å². The Labute approximate surface area is 94.7 Å². The SMILES string of the molecule is CC(C)OC1=CC(C=O)c2ccccc2O1. The summed E-state index contributed by atoms with van der Waals surface area (Å²) in [6.07, 6.45) is 2.63. The lowest BCUT2D eigenvalue weighted by Gasteiger charge is -2.22. The topological polar surface area (TPSA) is 35.5 Å². The van der Waals surface area contributed by atoms with Crippen molar-refractivity contribution in [2.24, 2.45) is 0 Å². The number of para-hydroxylation sites is 1. The van der Waals surface area contributed by atoms with Crippen LogP contribution in [0.4, 0.5) is 0 Å². The number of ether oxygens (including phenoxy) is 2. The first-order valence-electron chi connectivity index (χ1n) is 5.31. The van der Waals surface area contributed by atoms with Gasteiger partial charge < -0.3 is 14.3 Å². The van der Waals surface area contributed by atoms with Gasteiger partial charge in [-0.1, -0.05) is 18.2 Å². The molecule has 1 aliphatic heterocycles. The van der Waals surface area contributed by atoms with Gasteiger partial charge in [0, 0.05) is 11.6 Å². The van der Waals surface area contributed by atoms with E-state index in [1.54, 1.807) is 6.08 Å². The van der Waals surface area contributed by atoms with Crippen LogP contribution in [0.2, 0.25) is 0 Å².